The van der Waals surface area contributed by atoms with Crippen molar-refractivity contribution in [2.24, 2.45) is 5.92 Å². The molecule has 0 saturated carbocycles. The van der Waals surface area contributed by atoms with E-state index < -0.39 is 5.97 Å². The molecule has 1 aliphatic rings. The third-order valence-electron chi connectivity index (χ3n) is 4.83. The number of ether oxygens (including phenoxy) is 2. The maximum absolute atomic E-state index is 12.2. The van der Waals surface area contributed by atoms with Gasteiger partial charge in [-0.15, -0.1) is 0 Å². The van der Waals surface area contributed by atoms with Crippen LogP contribution in [-0.2, 0) is 30.3 Å². The van der Waals surface area contributed by atoms with Gasteiger partial charge in [-0.2, -0.15) is 5.10 Å². The molecule has 0 bridgehead atoms. The number of aromatic nitrogens is 2. The third kappa shape index (κ3) is 4.36. The van der Waals surface area contributed by atoms with Crippen LogP contribution < -0.4 is 5.56 Å². The van der Waals surface area contributed by atoms with E-state index in [4.69, 9.17) is 9.47 Å². The monoisotopic (exact) mass is 387 g/mol. The van der Waals surface area contributed by atoms with Gasteiger partial charge in [-0.25, -0.2) is 5.10 Å². The van der Waals surface area contributed by atoms with Crippen molar-refractivity contribution in [1.82, 2.24) is 15.1 Å². The minimum absolute atomic E-state index is 0.158. The summed E-state index contributed by atoms with van der Waals surface area (Å²) in [6.07, 6.45) is 0.897. The highest BCUT2D eigenvalue weighted by Crippen LogP contribution is 2.18. The Balaban J connectivity index is 1.53. The highest BCUT2D eigenvalue weighted by atomic mass is 16.5. The number of likely N-dealkylation sites (tertiary alicyclic amines) is 1. The lowest BCUT2D eigenvalue weighted by atomic mass is 9.97. The van der Waals surface area contributed by atoms with Gasteiger partial charge in [0.15, 0.2) is 6.61 Å². The second-order valence-electron chi connectivity index (χ2n) is 6.56. The van der Waals surface area contributed by atoms with E-state index in [-0.39, 0.29) is 36.4 Å². The molecular formula is C19H21N3O6. The fourth-order valence-corrected chi connectivity index (χ4v) is 3.26. The molecule has 1 aromatic carbocycles. The number of rotatable bonds is 5. The van der Waals surface area contributed by atoms with Crippen LogP contribution in [0.25, 0.3) is 10.8 Å². The standard InChI is InChI=1S/C19H21N3O6/c1-27-19(26)12-6-8-22(9-7-12)16(23)11-28-17(24)10-15-13-4-2-3-5-14(13)18(25)21-20-15/h2-5,12H,6-11H2,1H3,(H,21,25). The molecule has 2 heterocycles. The van der Waals surface area contributed by atoms with E-state index in [0.717, 1.165) is 0 Å². The van der Waals surface area contributed by atoms with Crippen LogP contribution in [0, 0.1) is 5.92 Å². The maximum atomic E-state index is 12.2. The van der Waals surface area contributed by atoms with Crippen molar-refractivity contribution >= 4 is 28.6 Å². The summed E-state index contributed by atoms with van der Waals surface area (Å²) in [6, 6.07) is 6.82. The van der Waals surface area contributed by atoms with Crippen LogP contribution >= 0.6 is 0 Å². The van der Waals surface area contributed by atoms with E-state index in [2.05, 4.69) is 10.2 Å². The van der Waals surface area contributed by atoms with Gasteiger partial charge in [-0.3, -0.25) is 19.2 Å². The molecule has 0 aliphatic carbocycles. The normalized spacial score (nSPS) is 14.7. The van der Waals surface area contributed by atoms with Crippen molar-refractivity contribution in [3.63, 3.8) is 0 Å². The number of hydrogen-bond donors (Lipinski definition) is 1. The molecule has 1 aliphatic heterocycles. The molecule has 0 spiro atoms. The summed E-state index contributed by atoms with van der Waals surface area (Å²) in [5.41, 5.74) is 0.0461. The lowest BCUT2D eigenvalue weighted by Gasteiger charge is -2.30. The molecule has 3 rings (SSSR count). The Morgan fingerprint density at radius 3 is 2.54 bits per heavy atom. The molecule has 1 fully saturated rings. The van der Waals surface area contributed by atoms with Crippen LogP contribution in [0.15, 0.2) is 29.1 Å². The Morgan fingerprint density at radius 2 is 1.86 bits per heavy atom. The quantitative estimate of drug-likeness (QED) is 0.739. The molecule has 1 aromatic heterocycles. The number of carbonyl (C=O) groups excluding carboxylic acids is 3. The van der Waals surface area contributed by atoms with Crippen molar-refractivity contribution < 1.29 is 23.9 Å². The average Bonchev–Trinajstić information content (AvgIpc) is 2.73. The summed E-state index contributed by atoms with van der Waals surface area (Å²) in [4.78, 5) is 49.2. The third-order valence-corrected chi connectivity index (χ3v) is 4.83. The van der Waals surface area contributed by atoms with Gasteiger partial charge in [0.1, 0.15) is 0 Å². The molecule has 0 unspecified atom stereocenters. The summed E-state index contributed by atoms with van der Waals surface area (Å²) in [6.45, 7) is 0.466. The second kappa shape index (κ2) is 8.64. The second-order valence-corrected chi connectivity index (χ2v) is 6.56. The Labute approximate surface area is 160 Å². The average molecular weight is 387 g/mol. The van der Waals surface area contributed by atoms with Crippen LogP contribution in [0.5, 0.6) is 0 Å². The molecule has 9 heteroatoms. The van der Waals surface area contributed by atoms with Gasteiger partial charge in [0.2, 0.25) is 0 Å². The number of esters is 2. The summed E-state index contributed by atoms with van der Waals surface area (Å²) in [7, 11) is 1.35. The first kappa shape index (κ1) is 19.5. The van der Waals surface area contributed by atoms with Crippen molar-refractivity contribution in [3.05, 3.63) is 40.3 Å². The Kier molecular flexibility index (Phi) is 6.03. The molecule has 28 heavy (non-hydrogen) atoms. The summed E-state index contributed by atoms with van der Waals surface area (Å²) in [5.74, 6) is -1.38. The van der Waals surface area contributed by atoms with Crippen LogP contribution in [-0.4, -0.2) is 59.7 Å². The number of fused-ring (bicyclic) bond motifs is 1. The fraction of sp³-hybridized carbons (Fsp3) is 0.421. The van der Waals surface area contributed by atoms with Gasteiger partial charge in [0.05, 0.1) is 30.5 Å². The number of amides is 1. The number of carbonyl (C=O) groups is 3. The van der Waals surface area contributed by atoms with Crippen molar-refractivity contribution in [1.29, 1.82) is 0 Å². The van der Waals surface area contributed by atoms with Gasteiger partial charge in [0.25, 0.3) is 11.5 Å². The lowest BCUT2D eigenvalue weighted by molar-refractivity contribution is -0.153. The van der Waals surface area contributed by atoms with E-state index in [1.807, 2.05) is 0 Å². The Morgan fingerprint density at radius 1 is 1.18 bits per heavy atom. The van der Waals surface area contributed by atoms with Crippen LogP contribution in [0.4, 0.5) is 0 Å². The predicted molar refractivity (Wildman–Crippen MR) is 98.3 cm³/mol. The van der Waals surface area contributed by atoms with Crippen LogP contribution in [0.2, 0.25) is 0 Å². The number of piperidine rings is 1. The van der Waals surface area contributed by atoms with Gasteiger partial charge >= 0.3 is 11.9 Å². The smallest absolute Gasteiger partial charge is 0.312 e. The predicted octanol–water partition coefficient (Wildman–Crippen LogP) is 0.420. The van der Waals surface area contributed by atoms with E-state index in [0.29, 0.717) is 42.4 Å². The molecule has 0 radical (unpaired) electrons. The number of aromatic amines is 1. The molecule has 2 aromatic rings. The molecule has 9 nitrogen and oxygen atoms in total. The fourth-order valence-electron chi connectivity index (χ4n) is 3.26. The highest BCUT2D eigenvalue weighted by molar-refractivity contribution is 5.87. The first-order valence-corrected chi connectivity index (χ1v) is 8.97. The first-order valence-electron chi connectivity index (χ1n) is 8.97. The van der Waals surface area contributed by atoms with E-state index in [9.17, 15) is 19.2 Å². The van der Waals surface area contributed by atoms with Gasteiger partial charge < -0.3 is 14.4 Å². The highest BCUT2D eigenvalue weighted by Gasteiger charge is 2.28. The largest absolute Gasteiger partial charge is 0.469 e. The zero-order valence-corrected chi connectivity index (χ0v) is 15.5. The zero-order chi connectivity index (χ0) is 20.1. The molecule has 1 amide bonds. The summed E-state index contributed by atoms with van der Waals surface area (Å²) in [5, 5.41) is 7.28. The van der Waals surface area contributed by atoms with Gasteiger partial charge in [-0.1, -0.05) is 18.2 Å². The molecule has 1 N–H and O–H groups in total. The molecular weight excluding hydrogens is 366 g/mol. The SMILES string of the molecule is COC(=O)C1CCN(C(=O)COC(=O)Cc2n[nH]c(=O)c3ccccc23)CC1. The molecule has 148 valence electrons. The number of benzene rings is 1. The first-order chi connectivity index (χ1) is 13.5. The van der Waals surface area contributed by atoms with Gasteiger partial charge in [-0.05, 0) is 18.9 Å². The number of nitrogens with one attached hydrogen (secondary N) is 1. The Bertz CT molecular complexity index is 946. The number of nitrogens with zero attached hydrogens (tertiary/aromatic N) is 2. The van der Waals surface area contributed by atoms with Crippen molar-refractivity contribution in [2.75, 3.05) is 26.8 Å². The van der Waals surface area contributed by atoms with E-state index in [1.54, 1.807) is 29.2 Å². The zero-order valence-electron chi connectivity index (χ0n) is 15.5. The maximum Gasteiger partial charge on any atom is 0.312 e. The number of hydrogen-bond acceptors (Lipinski definition) is 7. The number of methoxy groups -OCH3 is 1. The van der Waals surface area contributed by atoms with Crippen molar-refractivity contribution in [2.45, 2.75) is 19.3 Å². The number of H-pyrrole nitrogens is 1. The van der Waals surface area contributed by atoms with Crippen molar-refractivity contribution in [3.8, 4) is 0 Å². The van der Waals surface area contributed by atoms with Crippen LogP contribution in [0.1, 0.15) is 18.5 Å². The minimum atomic E-state index is -0.609. The topological polar surface area (TPSA) is 119 Å². The van der Waals surface area contributed by atoms with Gasteiger partial charge in [0, 0.05) is 18.5 Å². The molecule has 0 atom stereocenters. The summed E-state index contributed by atoms with van der Waals surface area (Å²) >= 11 is 0. The van der Waals surface area contributed by atoms with E-state index in [1.165, 1.54) is 7.11 Å². The Hall–Kier alpha value is -3.23. The minimum Gasteiger partial charge on any atom is -0.469 e. The van der Waals surface area contributed by atoms with Crippen LogP contribution in [0.3, 0.4) is 0 Å². The summed E-state index contributed by atoms with van der Waals surface area (Å²) < 4.78 is 9.80. The van der Waals surface area contributed by atoms with E-state index >= 15 is 0 Å². The molecule has 1 saturated heterocycles. The lowest BCUT2D eigenvalue weighted by Crippen LogP contribution is -2.42.